The van der Waals surface area contributed by atoms with Gasteiger partial charge in [0.15, 0.2) is 11.5 Å². The van der Waals surface area contributed by atoms with Crippen LogP contribution in [0.1, 0.15) is 45.0 Å². The number of aromatic nitrogens is 1. The summed E-state index contributed by atoms with van der Waals surface area (Å²) in [6, 6.07) is 11.1. The molecule has 0 aliphatic heterocycles. The average molecular weight is 501 g/mol. The van der Waals surface area contributed by atoms with Crippen molar-refractivity contribution in [2.75, 3.05) is 20.2 Å². The molecule has 0 N–H and O–H groups in total. The summed E-state index contributed by atoms with van der Waals surface area (Å²) in [7, 11) is 1.42. The number of nitrogens with zero attached hydrogens (tertiary/aromatic N) is 2. The van der Waals surface area contributed by atoms with E-state index in [2.05, 4.69) is 35.7 Å². The van der Waals surface area contributed by atoms with Crippen molar-refractivity contribution in [1.82, 2.24) is 9.88 Å². The molecule has 186 valence electrons. The van der Waals surface area contributed by atoms with Crippen molar-refractivity contribution in [3.63, 3.8) is 0 Å². The predicted octanol–water partition coefficient (Wildman–Crippen LogP) is 6.44. The number of methoxy groups -OCH3 is 1. The molecular formula is C27H30F2N2O3S. The number of hydrogen-bond donors (Lipinski definition) is 0. The standard InChI is InChI=1S/C27H30F2N2O3S/c1-16-5-9-21(13-17(16)2)25-24(30-18(3)35-25)26(32)31(15-20-6-7-20)12-11-19-8-10-22(34-27(28)29)23(14-19)33-4/h5,8-10,13-14,20,27H,6-7,11-12,15H2,1-4H3. The van der Waals surface area contributed by atoms with Crippen molar-refractivity contribution >= 4 is 17.2 Å². The van der Waals surface area contributed by atoms with Gasteiger partial charge in [0.05, 0.1) is 17.0 Å². The van der Waals surface area contributed by atoms with E-state index in [9.17, 15) is 13.6 Å². The van der Waals surface area contributed by atoms with Crippen LogP contribution in [0.5, 0.6) is 11.5 Å². The van der Waals surface area contributed by atoms with Crippen LogP contribution in [-0.4, -0.2) is 42.6 Å². The van der Waals surface area contributed by atoms with Gasteiger partial charge in [-0.05, 0) is 80.3 Å². The van der Waals surface area contributed by atoms with E-state index in [1.54, 1.807) is 12.1 Å². The number of halogens is 2. The molecule has 0 bridgehead atoms. The molecule has 1 aliphatic carbocycles. The second-order valence-electron chi connectivity index (χ2n) is 9.02. The highest BCUT2D eigenvalue weighted by atomic mass is 32.1. The Hall–Kier alpha value is -3.00. The highest BCUT2D eigenvalue weighted by molar-refractivity contribution is 7.15. The van der Waals surface area contributed by atoms with Crippen molar-refractivity contribution < 1.29 is 23.0 Å². The number of aryl methyl sites for hydroxylation is 3. The van der Waals surface area contributed by atoms with E-state index >= 15 is 0 Å². The molecule has 1 aromatic heterocycles. The first-order valence-corrected chi connectivity index (χ1v) is 12.5. The lowest BCUT2D eigenvalue weighted by molar-refractivity contribution is -0.0512. The maximum absolute atomic E-state index is 13.7. The third-order valence-corrected chi connectivity index (χ3v) is 7.30. The van der Waals surface area contributed by atoms with Crippen LogP contribution < -0.4 is 9.47 Å². The molecule has 0 atom stereocenters. The van der Waals surface area contributed by atoms with Crippen molar-refractivity contribution in [2.45, 2.75) is 46.6 Å². The van der Waals surface area contributed by atoms with E-state index in [-0.39, 0.29) is 17.4 Å². The lowest BCUT2D eigenvalue weighted by Gasteiger charge is -2.23. The second kappa shape index (κ2) is 10.7. The maximum Gasteiger partial charge on any atom is 0.387 e. The molecule has 35 heavy (non-hydrogen) atoms. The van der Waals surface area contributed by atoms with Crippen molar-refractivity contribution in [3.8, 4) is 21.9 Å². The summed E-state index contributed by atoms with van der Waals surface area (Å²) in [5, 5.41) is 0.854. The van der Waals surface area contributed by atoms with E-state index < -0.39 is 6.61 Å². The van der Waals surface area contributed by atoms with Gasteiger partial charge in [-0.15, -0.1) is 11.3 Å². The van der Waals surface area contributed by atoms with E-state index in [0.29, 0.717) is 31.1 Å². The lowest BCUT2D eigenvalue weighted by atomic mass is 10.0. The van der Waals surface area contributed by atoms with Crippen LogP contribution in [0.15, 0.2) is 36.4 Å². The molecule has 2 aromatic carbocycles. The first-order chi connectivity index (χ1) is 16.7. The van der Waals surface area contributed by atoms with Gasteiger partial charge in [0, 0.05) is 13.1 Å². The van der Waals surface area contributed by atoms with Crippen LogP contribution >= 0.6 is 11.3 Å². The molecule has 0 unspecified atom stereocenters. The molecular weight excluding hydrogens is 470 g/mol. The minimum atomic E-state index is -2.92. The van der Waals surface area contributed by atoms with Crippen molar-refractivity contribution in [3.05, 3.63) is 63.8 Å². The fraction of sp³-hybridized carbons (Fsp3) is 0.407. The fourth-order valence-corrected chi connectivity index (χ4v) is 4.92. The van der Waals surface area contributed by atoms with Gasteiger partial charge in [-0.2, -0.15) is 8.78 Å². The normalized spacial score (nSPS) is 13.2. The molecule has 1 heterocycles. The number of carbonyl (C=O) groups is 1. The number of amides is 1. The number of hydrogen-bond acceptors (Lipinski definition) is 5. The third-order valence-electron chi connectivity index (χ3n) is 6.28. The molecule has 1 saturated carbocycles. The first kappa shape index (κ1) is 25.1. The molecule has 0 saturated heterocycles. The van der Waals surface area contributed by atoms with Gasteiger partial charge in [0.25, 0.3) is 5.91 Å². The number of ether oxygens (including phenoxy) is 2. The van der Waals surface area contributed by atoms with Gasteiger partial charge in [-0.25, -0.2) is 4.98 Å². The quantitative estimate of drug-likeness (QED) is 0.321. The first-order valence-electron chi connectivity index (χ1n) is 11.7. The molecule has 4 rings (SSSR count). The summed E-state index contributed by atoms with van der Waals surface area (Å²) < 4.78 is 35.0. The number of thiazole rings is 1. The Morgan fingerprint density at radius 1 is 1.11 bits per heavy atom. The largest absolute Gasteiger partial charge is 0.493 e. The van der Waals surface area contributed by atoms with Crippen LogP contribution in [0.4, 0.5) is 8.78 Å². The van der Waals surface area contributed by atoms with Crippen LogP contribution in [0.25, 0.3) is 10.4 Å². The smallest absolute Gasteiger partial charge is 0.387 e. The highest BCUT2D eigenvalue weighted by Gasteiger charge is 2.30. The van der Waals surface area contributed by atoms with Crippen molar-refractivity contribution in [1.29, 1.82) is 0 Å². The predicted molar refractivity (Wildman–Crippen MR) is 134 cm³/mol. The summed E-state index contributed by atoms with van der Waals surface area (Å²) in [6.45, 7) is 4.32. The third kappa shape index (κ3) is 6.17. The minimum absolute atomic E-state index is 0.00635. The maximum atomic E-state index is 13.7. The fourth-order valence-electron chi connectivity index (χ4n) is 4.01. The summed E-state index contributed by atoms with van der Waals surface area (Å²) in [5.74, 6) is 0.683. The van der Waals surface area contributed by atoms with Gasteiger partial charge in [-0.1, -0.05) is 24.3 Å². The van der Waals surface area contributed by atoms with E-state index in [0.717, 1.165) is 33.9 Å². The molecule has 1 amide bonds. The van der Waals surface area contributed by atoms with Crippen molar-refractivity contribution in [2.24, 2.45) is 5.92 Å². The van der Waals surface area contributed by atoms with Gasteiger partial charge in [0.2, 0.25) is 0 Å². The van der Waals surface area contributed by atoms with Gasteiger partial charge in [0.1, 0.15) is 5.69 Å². The summed E-state index contributed by atoms with van der Waals surface area (Å²) in [4.78, 5) is 21.1. The topological polar surface area (TPSA) is 51.7 Å². The highest BCUT2D eigenvalue weighted by Crippen LogP contribution is 2.35. The molecule has 3 aromatic rings. The average Bonchev–Trinajstić information content (AvgIpc) is 3.56. The van der Waals surface area contributed by atoms with E-state index in [1.807, 2.05) is 17.9 Å². The Bertz CT molecular complexity index is 1210. The number of rotatable bonds is 10. The Labute approximate surface area is 208 Å². The summed E-state index contributed by atoms with van der Waals surface area (Å²) >= 11 is 1.54. The van der Waals surface area contributed by atoms with Gasteiger partial charge >= 0.3 is 6.61 Å². The van der Waals surface area contributed by atoms with Crippen LogP contribution in [-0.2, 0) is 6.42 Å². The molecule has 8 heteroatoms. The molecule has 5 nitrogen and oxygen atoms in total. The van der Waals surface area contributed by atoms with Crippen LogP contribution in [0, 0.1) is 26.7 Å². The monoisotopic (exact) mass is 500 g/mol. The van der Waals surface area contributed by atoms with Gasteiger partial charge < -0.3 is 14.4 Å². The zero-order valence-electron chi connectivity index (χ0n) is 20.4. The zero-order valence-corrected chi connectivity index (χ0v) is 21.3. The Balaban J connectivity index is 1.56. The molecule has 0 radical (unpaired) electrons. The van der Waals surface area contributed by atoms with E-state index in [4.69, 9.17) is 4.74 Å². The lowest BCUT2D eigenvalue weighted by Crippen LogP contribution is -2.35. The number of benzene rings is 2. The Kier molecular flexibility index (Phi) is 7.69. The molecule has 0 spiro atoms. The number of alkyl halides is 2. The molecule has 1 aliphatic rings. The van der Waals surface area contributed by atoms with Crippen LogP contribution in [0.3, 0.4) is 0 Å². The second-order valence-corrected chi connectivity index (χ2v) is 10.2. The minimum Gasteiger partial charge on any atom is -0.493 e. The van der Waals surface area contributed by atoms with E-state index in [1.165, 1.54) is 35.6 Å². The van der Waals surface area contributed by atoms with Gasteiger partial charge in [-0.3, -0.25) is 4.79 Å². The summed E-state index contributed by atoms with van der Waals surface area (Å²) in [5.41, 5.74) is 4.76. The Morgan fingerprint density at radius 3 is 2.54 bits per heavy atom. The number of carbonyl (C=O) groups excluding carboxylic acids is 1. The summed E-state index contributed by atoms with van der Waals surface area (Å²) in [6.07, 6.45) is 2.81. The SMILES string of the molecule is COc1cc(CCN(CC2CC2)C(=O)c2nc(C)sc2-c2ccc(C)c(C)c2)ccc1OC(F)F. The molecule has 1 fully saturated rings. The zero-order chi connectivity index (χ0) is 25.1. The Morgan fingerprint density at radius 2 is 1.89 bits per heavy atom. The van der Waals surface area contributed by atoms with Crippen LogP contribution in [0.2, 0.25) is 0 Å².